The van der Waals surface area contributed by atoms with Crippen LogP contribution in [0.15, 0.2) is 10.3 Å². The second kappa shape index (κ2) is 6.52. The van der Waals surface area contributed by atoms with E-state index in [0.717, 1.165) is 35.5 Å². The Bertz CT molecular complexity index is 453. The monoisotopic (exact) mass is 345 g/mol. The van der Waals surface area contributed by atoms with Crippen LogP contribution in [0.2, 0.25) is 43.4 Å². The molecule has 0 amide bonds. The maximum atomic E-state index is 2.65. The Labute approximate surface area is 148 Å². The Balaban J connectivity index is 2.08. The molecule has 1 unspecified atom stereocenters. The molecule has 3 heteroatoms. The molecule has 3 atom stereocenters. The average Bonchev–Trinajstić information content (AvgIpc) is 2.57. The molecule has 4 aliphatic rings. The smallest absolute Gasteiger partial charge is 0.109 e. The summed E-state index contributed by atoms with van der Waals surface area (Å²) < 4.78 is 0. The summed E-state index contributed by atoms with van der Waals surface area (Å²) in [5.41, 5.74) is 3.84. The molecule has 129 valence electrons. The molecule has 3 aliphatic heterocycles. The summed E-state index contributed by atoms with van der Waals surface area (Å²) >= 11 is 0. The molecule has 0 aromatic carbocycles. The van der Waals surface area contributed by atoms with E-state index in [4.69, 9.17) is 0 Å². The van der Waals surface area contributed by atoms with Gasteiger partial charge in [-0.2, -0.15) is 0 Å². The fourth-order valence-electron chi connectivity index (χ4n) is 6.57. The number of hydrogen-bond donors (Lipinski definition) is 0. The summed E-state index contributed by atoms with van der Waals surface area (Å²) in [6.07, 6.45) is 9.34. The van der Waals surface area contributed by atoms with Crippen molar-refractivity contribution in [2.45, 2.75) is 96.7 Å². The minimum atomic E-state index is -1.23. The molecule has 4 rings (SSSR count). The van der Waals surface area contributed by atoms with Gasteiger partial charge < -0.3 is 0 Å². The van der Waals surface area contributed by atoms with E-state index < -0.39 is 8.07 Å². The first-order valence-electron chi connectivity index (χ1n) is 10.3. The number of rotatable bonds is 4. The van der Waals surface area contributed by atoms with E-state index in [1.807, 2.05) is 0 Å². The van der Waals surface area contributed by atoms with Crippen LogP contribution in [0.4, 0.5) is 0 Å². The number of hydrogen-bond acceptors (Lipinski definition) is 0. The van der Waals surface area contributed by atoms with Crippen molar-refractivity contribution in [1.82, 2.24) is 0 Å². The predicted molar refractivity (Wildman–Crippen MR) is 111 cm³/mol. The lowest BCUT2D eigenvalue weighted by Crippen LogP contribution is -2.42. The van der Waals surface area contributed by atoms with Crippen LogP contribution in [0.25, 0.3) is 0 Å². The second-order valence-corrected chi connectivity index (χ2v) is 19.8. The molecule has 0 spiro atoms. The molecular formula is C20H38BSi2. The molecule has 4 fully saturated rings. The van der Waals surface area contributed by atoms with Crippen molar-refractivity contribution in [3.63, 3.8) is 0 Å². The van der Waals surface area contributed by atoms with Gasteiger partial charge in [0, 0.05) is 0 Å². The van der Waals surface area contributed by atoms with E-state index in [0.29, 0.717) is 0 Å². The van der Waals surface area contributed by atoms with Crippen LogP contribution in [0, 0.1) is 17.8 Å². The van der Waals surface area contributed by atoms with Crippen LogP contribution in [0.1, 0.15) is 53.4 Å². The Morgan fingerprint density at radius 1 is 0.913 bits per heavy atom. The highest BCUT2D eigenvalue weighted by Gasteiger charge is 2.46. The summed E-state index contributed by atoms with van der Waals surface area (Å²) in [4.78, 5) is 2.12. The van der Waals surface area contributed by atoms with Crippen molar-refractivity contribution in [2.24, 2.45) is 17.8 Å². The lowest BCUT2D eigenvalue weighted by Gasteiger charge is -2.39. The van der Waals surface area contributed by atoms with E-state index in [2.05, 4.69) is 57.6 Å². The van der Waals surface area contributed by atoms with E-state index >= 15 is 0 Å². The first-order chi connectivity index (χ1) is 10.7. The summed E-state index contributed by atoms with van der Waals surface area (Å²) in [6, 6.07) is 0. The largest absolute Gasteiger partial charge is 0.170 e. The molecule has 23 heavy (non-hydrogen) atoms. The van der Waals surface area contributed by atoms with Crippen molar-refractivity contribution in [1.29, 1.82) is 0 Å². The highest BCUT2D eigenvalue weighted by atomic mass is 28.4. The third-order valence-electron chi connectivity index (χ3n) is 6.84. The van der Waals surface area contributed by atoms with Gasteiger partial charge in [0.15, 0.2) is 6.71 Å². The van der Waals surface area contributed by atoms with Gasteiger partial charge in [0.25, 0.3) is 0 Å². The summed E-state index contributed by atoms with van der Waals surface area (Å²) in [7, 11) is -1.62. The SMILES string of the molecule is CC(C)[Si](/C(=C1/CC2C[C@H]3CB1C[C@@H](C2)C3)[Si](C)(C)C)C(C)C. The van der Waals surface area contributed by atoms with E-state index in [1.54, 1.807) is 31.9 Å². The van der Waals surface area contributed by atoms with E-state index in [-0.39, 0.29) is 8.80 Å². The number of allylic oxidation sites excluding steroid dienone is 1. The van der Waals surface area contributed by atoms with Crippen LogP contribution in [0.3, 0.4) is 0 Å². The van der Waals surface area contributed by atoms with Crippen molar-refractivity contribution in [3.8, 4) is 0 Å². The zero-order valence-corrected chi connectivity index (χ0v) is 18.7. The Kier molecular flexibility index (Phi) is 5.11. The second-order valence-electron chi connectivity index (χ2n) is 10.6. The van der Waals surface area contributed by atoms with Gasteiger partial charge in [0.05, 0.1) is 16.9 Å². The molecule has 3 heterocycles. The Hall–Kier alpha value is 0.239. The van der Waals surface area contributed by atoms with Crippen LogP contribution >= 0.6 is 0 Å². The predicted octanol–water partition coefficient (Wildman–Crippen LogP) is 6.50. The normalized spacial score (nSPS) is 33.1. The van der Waals surface area contributed by atoms with Crippen LogP contribution in [-0.4, -0.2) is 23.6 Å². The van der Waals surface area contributed by atoms with Gasteiger partial charge >= 0.3 is 0 Å². The topological polar surface area (TPSA) is 0 Å². The molecule has 1 saturated carbocycles. The minimum Gasteiger partial charge on any atom is -0.109 e. The Morgan fingerprint density at radius 3 is 1.83 bits per heavy atom. The van der Waals surface area contributed by atoms with Crippen molar-refractivity contribution in [2.75, 3.05) is 0 Å². The van der Waals surface area contributed by atoms with Gasteiger partial charge in [-0.1, -0.05) is 60.0 Å². The molecule has 3 saturated heterocycles. The summed E-state index contributed by atoms with van der Waals surface area (Å²) in [6.45, 7) is 19.0. The van der Waals surface area contributed by atoms with Crippen LogP contribution < -0.4 is 0 Å². The maximum Gasteiger partial charge on any atom is 0.170 e. The summed E-state index contributed by atoms with van der Waals surface area (Å²) in [5.74, 6) is 3.23. The highest BCUT2D eigenvalue weighted by Crippen LogP contribution is 2.52. The molecule has 0 aromatic heterocycles. The van der Waals surface area contributed by atoms with E-state index in [1.165, 1.54) is 6.42 Å². The zero-order valence-electron chi connectivity index (χ0n) is 16.7. The fourth-order valence-corrected chi connectivity index (χ4v) is 16.2. The van der Waals surface area contributed by atoms with Crippen molar-refractivity contribution in [3.05, 3.63) is 10.3 Å². The minimum absolute atomic E-state index is 0.388. The molecule has 1 aliphatic carbocycles. The lowest BCUT2D eigenvalue weighted by atomic mass is 9.34. The lowest BCUT2D eigenvalue weighted by molar-refractivity contribution is 0.216. The quantitative estimate of drug-likeness (QED) is 0.510. The highest BCUT2D eigenvalue weighted by molar-refractivity contribution is 7.00. The van der Waals surface area contributed by atoms with Gasteiger partial charge in [0.1, 0.15) is 0 Å². The van der Waals surface area contributed by atoms with Crippen molar-refractivity contribution < 1.29 is 0 Å². The van der Waals surface area contributed by atoms with Crippen LogP contribution in [-0.2, 0) is 0 Å². The van der Waals surface area contributed by atoms with Gasteiger partial charge in [0.2, 0.25) is 0 Å². The first kappa shape index (κ1) is 18.0. The molecular weight excluding hydrogens is 307 g/mol. The zero-order chi connectivity index (χ0) is 16.9. The summed E-state index contributed by atoms with van der Waals surface area (Å²) in [5, 5.41) is 0. The van der Waals surface area contributed by atoms with Gasteiger partial charge in [-0.25, -0.2) is 0 Å². The molecule has 0 aromatic rings. The van der Waals surface area contributed by atoms with Gasteiger partial charge in [-0.3, -0.25) is 0 Å². The molecule has 4 bridgehead atoms. The first-order valence-corrected chi connectivity index (χ1v) is 15.4. The van der Waals surface area contributed by atoms with Gasteiger partial charge in [-0.05, 0) is 54.5 Å². The number of fused-ring (bicyclic) bond motifs is 1. The standard InChI is InChI=1S/C20H38BSi2/c1-14(2)22(15(3)4)20(23(5,6)7)19-11-16-8-17-10-18(9-16)13-21(19)12-17/h14-18H,8-13H2,1-7H3/b20-19+/t16?,17-,18+. The average molecular weight is 346 g/mol. The fraction of sp³-hybridized carbons (Fsp3) is 0.900. The third kappa shape index (κ3) is 3.61. The maximum absolute atomic E-state index is 2.65. The van der Waals surface area contributed by atoms with E-state index in [9.17, 15) is 0 Å². The third-order valence-corrected chi connectivity index (χ3v) is 15.2. The van der Waals surface area contributed by atoms with Gasteiger partial charge in [-0.15, -0.1) is 10.3 Å². The van der Waals surface area contributed by atoms with Crippen LogP contribution in [0.5, 0.6) is 0 Å². The molecule has 0 N–H and O–H groups in total. The van der Waals surface area contributed by atoms with Crippen molar-refractivity contribution >= 4 is 23.6 Å². The molecule has 1 radical (unpaired) electrons. The Morgan fingerprint density at radius 2 is 1.39 bits per heavy atom. The molecule has 0 nitrogen and oxygen atoms in total.